The molecule has 0 unspecified atom stereocenters. The highest BCUT2D eigenvalue weighted by Crippen LogP contribution is 2.34. The Hall–Kier alpha value is -2.97. The minimum Gasteiger partial charge on any atom is -0.504 e. The number of phenolic OH excluding ortho intramolecular Hbond substituents is 1. The Morgan fingerprint density at radius 1 is 1.29 bits per heavy atom. The van der Waals surface area contributed by atoms with Crippen molar-refractivity contribution in [1.29, 1.82) is 0 Å². The van der Waals surface area contributed by atoms with Crippen LogP contribution in [0.15, 0.2) is 53.0 Å². The molecule has 160 valence electrons. The fourth-order valence-corrected chi connectivity index (χ4v) is 4.01. The molecule has 0 aliphatic carbocycles. The molecule has 2 aromatic carbocycles. The van der Waals surface area contributed by atoms with Crippen LogP contribution in [0.1, 0.15) is 23.6 Å². The summed E-state index contributed by atoms with van der Waals surface area (Å²) in [7, 11) is 0. The van der Waals surface area contributed by atoms with Crippen molar-refractivity contribution in [3.05, 3.63) is 69.7 Å². The fraction of sp³-hybridized carbons (Fsp3) is 0.174. The van der Waals surface area contributed by atoms with Gasteiger partial charge in [0, 0.05) is 10.0 Å². The Kier molecular flexibility index (Phi) is 6.92. The number of amides is 2. The monoisotopic (exact) mass is 500 g/mol. The summed E-state index contributed by atoms with van der Waals surface area (Å²) < 4.78 is 6.37. The van der Waals surface area contributed by atoms with Crippen LogP contribution in [0, 0.1) is 6.92 Å². The first-order chi connectivity index (χ1) is 14.8. The van der Waals surface area contributed by atoms with Gasteiger partial charge in [0.2, 0.25) is 0 Å². The summed E-state index contributed by atoms with van der Waals surface area (Å²) in [5.74, 6) is -0.835. The maximum atomic E-state index is 13.3. The number of hydrogen-bond acceptors (Lipinski definition) is 5. The molecule has 0 saturated carbocycles. The molecule has 2 amide bonds. The van der Waals surface area contributed by atoms with Crippen molar-refractivity contribution >= 4 is 56.8 Å². The highest BCUT2D eigenvalue weighted by Gasteiger charge is 2.35. The molecular formula is C23H21BrN2O4S. The van der Waals surface area contributed by atoms with Crippen molar-refractivity contribution in [2.45, 2.75) is 20.3 Å². The van der Waals surface area contributed by atoms with Gasteiger partial charge in [-0.3, -0.25) is 19.8 Å². The molecule has 3 rings (SSSR count). The van der Waals surface area contributed by atoms with Crippen LogP contribution >= 0.6 is 28.1 Å². The summed E-state index contributed by atoms with van der Waals surface area (Å²) in [6, 6.07) is 8.69. The summed E-state index contributed by atoms with van der Waals surface area (Å²) in [5.41, 5.74) is 2.44. The van der Waals surface area contributed by atoms with Crippen LogP contribution in [0.4, 0.5) is 5.69 Å². The van der Waals surface area contributed by atoms with Gasteiger partial charge in [0.05, 0.1) is 12.3 Å². The standard InChI is InChI=1S/C23H21BrN2O4S/c1-4-6-15-10-14(12-19(20(15)27)30-5-2)11-17-21(28)25-23(31)26(22(17)29)18-8-7-16(24)9-13(18)3/h4,7-12,27H,1,5-6H2,2-3H3,(H,25,28,31). The van der Waals surface area contributed by atoms with Gasteiger partial charge in [-0.1, -0.05) is 22.0 Å². The SMILES string of the molecule is C=CCc1cc(C=C2C(=O)NC(=S)N(c3ccc(Br)cc3C)C2=O)cc(OCC)c1O. The van der Waals surface area contributed by atoms with E-state index in [1.165, 1.54) is 11.0 Å². The van der Waals surface area contributed by atoms with Gasteiger partial charge in [-0.05, 0) is 80.0 Å². The summed E-state index contributed by atoms with van der Waals surface area (Å²) in [6.07, 6.45) is 3.52. The molecule has 31 heavy (non-hydrogen) atoms. The van der Waals surface area contributed by atoms with Crippen molar-refractivity contribution in [2.24, 2.45) is 0 Å². The van der Waals surface area contributed by atoms with Gasteiger partial charge in [-0.25, -0.2) is 0 Å². The number of thiocarbonyl (C=S) groups is 1. The molecule has 2 N–H and O–H groups in total. The molecule has 8 heteroatoms. The Labute approximate surface area is 194 Å². The predicted molar refractivity (Wildman–Crippen MR) is 128 cm³/mol. The molecule has 1 aliphatic rings. The number of benzene rings is 2. The van der Waals surface area contributed by atoms with E-state index < -0.39 is 11.8 Å². The minimum absolute atomic E-state index is 0.0108. The number of rotatable bonds is 6. The van der Waals surface area contributed by atoms with Gasteiger partial charge in [0.1, 0.15) is 5.57 Å². The van der Waals surface area contributed by atoms with Crippen molar-refractivity contribution in [2.75, 3.05) is 11.5 Å². The van der Waals surface area contributed by atoms with E-state index in [0.29, 0.717) is 29.8 Å². The van der Waals surface area contributed by atoms with E-state index in [9.17, 15) is 14.7 Å². The van der Waals surface area contributed by atoms with E-state index in [2.05, 4.69) is 27.8 Å². The molecule has 0 spiro atoms. The highest BCUT2D eigenvalue weighted by atomic mass is 79.9. The molecule has 1 aliphatic heterocycles. The maximum absolute atomic E-state index is 13.3. The van der Waals surface area contributed by atoms with Gasteiger partial charge in [0.15, 0.2) is 16.6 Å². The van der Waals surface area contributed by atoms with Crippen molar-refractivity contribution in [3.8, 4) is 11.5 Å². The van der Waals surface area contributed by atoms with E-state index in [0.717, 1.165) is 10.0 Å². The molecule has 1 heterocycles. The lowest BCUT2D eigenvalue weighted by Gasteiger charge is -2.30. The van der Waals surface area contributed by atoms with Gasteiger partial charge < -0.3 is 9.84 Å². The number of halogens is 1. The van der Waals surface area contributed by atoms with E-state index in [4.69, 9.17) is 17.0 Å². The number of nitrogens with zero attached hydrogens (tertiary/aromatic N) is 1. The molecule has 1 saturated heterocycles. The summed E-state index contributed by atoms with van der Waals surface area (Å²) in [6.45, 7) is 7.70. The van der Waals surface area contributed by atoms with E-state index >= 15 is 0 Å². The highest BCUT2D eigenvalue weighted by molar-refractivity contribution is 9.10. The predicted octanol–water partition coefficient (Wildman–Crippen LogP) is 4.42. The zero-order chi connectivity index (χ0) is 22.7. The molecule has 1 fully saturated rings. The average Bonchev–Trinajstić information content (AvgIpc) is 2.70. The lowest BCUT2D eigenvalue weighted by molar-refractivity contribution is -0.122. The molecular weight excluding hydrogens is 480 g/mol. The second-order valence-corrected chi connectivity index (χ2v) is 8.14. The number of allylic oxidation sites excluding steroid dienone is 1. The van der Waals surface area contributed by atoms with Crippen LogP contribution in [-0.4, -0.2) is 28.6 Å². The molecule has 0 aromatic heterocycles. The second-order valence-electron chi connectivity index (χ2n) is 6.84. The van der Waals surface area contributed by atoms with E-state index in [1.807, 2.05) is 13.0 Å². The fourth-order valence-electron chi connectivity index (χ4n) is 3.26. The third-order valence-electron chi connectivity index (χ3n) is 4.65. The normalized spacial score (nSPS) is 15.3. The lowest BCUT2D eigenvalue weighted by Crippen LogP contribution is -2.54. The molecule has 6 nitrogen and oxygen atoms in total. The van der Waals surface area contributed by atoms with Crippen LogP contribution in [-0.2, 0) is 16.0 Å². The maximum Gasteiger partial charge on any atom is 0.270 e. The van der Waals surface area contributed by atoms with Crippen molar-refractivity contribution in [1.82, 2.24) is 5.32 Å². The van der Waals surface area contributed by atoms with Crippen LogP contribution in [0.2, 0.25) is 0 Å². The number of nitrogens with one attached hydrogen (secondary N) is 1. The molecule has 0 radical (unpaired) electrons. The quantitative estimate of drug-likeness (QED) is 0.265. The zero-order valence-electron chi connectivity index (χ0n) is 17.1. The Morgan fingerprint density at radius 3 is 2.68 bits per heavy atom. The Balaban J connectivity index is 2.08. The molecule has 0 atom stereocenters. The second kappa shape index (κ2) is 9.45. The first-order valence-electron chi connectivity index (χ1n) is 9.54. The number of ether oxygens (including phenoxy) is 1. The van der Waals surface area contributed by atoms with Gasteiger partial charge >= 0.3 is 0 Å². The van der Waals surface area contributed by atoms with Crippen molar-refractivity contribution in [3.63, 3.8) is 0 Å². The number of carbonyl (C=O) groups is 2. The zero-order valence-corrected chi connectivity index (χ0v) is 19.5. The number of phenols is 1. The number of aromatic hydroxyl groups is 1. The van der Waals surface area contributed by atoms with Crippen LogP contribution in [0.25, 0.3) is 6.08 Å². The molecule has 0 bridgehead atoms. The average molecular weight is 501 g/mol. The van der Waals surface area contributed by atoms with Crippen LogP contribution < -0.4 is 15.0 Å². The topological polar surface area (TPSA) is 78.9 Å². The van der Waals surface area contributed by atoms with Crippen LogP contribution in [0.5, 0.6) is 11.5 Å². The smallest absolute Gasteiger partial charge is 0.270 e. The first kappa shape index (κ1) is 22.7. The van der Waals surface area contributed by atoms with Gasteiger partial charge in [-0.15, -0.1) is 6.58 Å². The van der Waals surface area contributed by atoms with Crippen molar-refractivity contribution < 1.29 is 19.4 Å². The third-order valence-corrected chi connectivity index (χ3v) is 5.43. The lowest BCUT2D eigenvalue weighted by atomic mass is 10.0. The summed E-state index contributed by atoms with van der Waals surface area (Å²) in [4.78, 5) is 27.2. The van der Waals surface area contributed by atoms with E-state index in [1.54, 1.807) is 37.3 Å². The number of anilines is 1. The Morgan fingerprint density at radius 2 is 2.03 bits per heavy atom. The largest absolute Gasteiger partial charge is 0.504 e. The van der Waals surface area contributed by atoms with Gasteiger partial charge in [0.25, 0.3) is 11.8 Å². The number of carbonyl (C=O) groups excluding carboxylic acids is 2. The molecule has 2 aromatic rings. The minimum atomic E-state index is -0.586. The van der Waals surface area contributed by atoms with E-state index in [-0.39, 0.29) is 22.2 Å². The van der Waals surface area contributed by atoms with Gasteiger partial charge in [-0.2, -0.15) is 0 Å². The number of hydrogen-bond donors (Lipinski definition) is 2. The Bertz CT molecular complexity index is 1130. The first-order valence-corrected chi connectivity index (χ1v) is 10.7. The third kappa shape index (κ3) is 4.70. The number of aryl methyl sites for hydroxylation is 1. The summed E-state index contributed by atoms with van der Waals surface area (Å²) in [5, 5.41) is 13.0. The summed E-state index contributed by atoms with van der Waals surface area (Å²) >= 11 is 8.68. The van der Waals surface area contributed by atoms with Crippen LogP contribution in [0.3, 0.4) is 0 Å².